The average molecular weight is 394 g/mol. The summed E-state index contributed by atoms with van der Waals surface area (Å²) >= 11 is 9.38. The lowest BCUT2D eigenvalue weighted by Crippen LogP contribution is -2.26. The Kier molecular flexibility index (Phi) is 4.37. The molecule has 5 nitrogen and oxygen atoms in total. The molecule has 1 amide bonds. The Bertz CT molecular complexity index is 874. The van der Waals surface area contributed by atoms with Crippen molar-refractivity contribution in [3.8, 4) is 11.4 Å². The van der Waals surface area contributed by atoms with Crippen LogP contribution in [0, 0.1) is 0 Å². The van der Waals surface area contributed by atoms with Gasteiger partial charge in [0, 0.05) is 35.4 Å². The van der Waals surface area contributed by atoms with Crippen LogP contribution in [0.5, 0.6) is 0 Å². The molecule has 118 valence electrons. The number of nitrogens with zero attached hydrogens (tertiary/aromatic N) is 4. The Morgan fingerprint density at radius 2 is 2.00 bits per heavy atom. The van der Waals surface area contributed by atoms with E-state index >= 15 is 0 Å². The van der Waals surface area contributed by atoms with Crippen molar-refractivity contribution >= 4 is 44.6 Å². The van der Waals surface area contributed by atoms with Gasteiger partial charge in [-0.2, -0.15) is 0 Å². The molecule has 0 saturated carbocycles. The lowest BCUT2D eigenvalue weighted by Gasteiger charge is -2.13. The third kappa shape index (κ3) is 3.23. The first-order valence-corrected chi connectivity index (χ1v) is 8.10. The van der Waals surface area contributed by atoms with Crippen LogP contribution in [0.25, 0.3) is 22.6 Å². The predicted octanol–water partition coefficient (Wildman–Crippen LogP) is 3.60. The normalized spacial score (nSPS) is 11.0. The smallest absolute Gasteiger partial charge is 0.242 e. The molecule has 0 saturated heterocycles. The Morgan fingerprint density at radius 3 is 2.65 bits per heavy atom. The molecule has 0 aliphatic heterocycles. The molecule has 0 atom stereocenters. The molecule has 0 aliphatic carbocycles. The number of carbonyl (C=O) groups excluding carboxylic acids is 1. The van der Waals surface area contributed by atoms with E-state index in [9.17, 15) is 4.79 Å². The second-order valence-electron chi connectivity index (χ2n) is 5.31. The largest absolute Gasteiger partial charge is 0.347 e. The zero-order valence-corrected chi connectivity index (χ0v) is 15.0. The van der Waals surface area contributed by atoms with Crippen LogP contribution in [-0.2, 0) is 11.3 Å². The van der Waals surface area contributed by atoms with Crippen LogP contribution in [0.1, 0.15) is 0 Å². The van der Waals surface area contributed by atoms with Crippen LogP contribution in [0.3, 0.4) is 0 Å². The summed E-state index contributed by atoms with van der Waals surface area (Å²) in [6, 6.07) is 9.29. The number of rotatable bonds is 3. The van der Waals surface area contributed by atoms with Crippen molar-refractivity contribution in [3.63, 3.8) is 0 Å². The Balaban J connectivity index is 2.19. The number of pyridine rings is 1. The Labute approximate surface area is 147 Å². The SMILES string of the molecule is CN(C)C(=O)Cn1c(-c2ccc(Cl)cc2)nc2ncc(Br)cc21. The topological polar surface area (TPSA) is 51.0 Å². The third-order valence-corrected chi connectivity index (χ3v) is 4.15. The second kappa shape index (κ2) is 6.29. The molecule has 0 unspecified atom stereocenters. The maximum Gasteiger partial charge on any atom is 0.242 e. The fraction of sp³-hybridized carbons (Fsp3) is 0.188. The Morgan fingerprint density at radius 1 is 1.30 bits per heavy atom. The third-order valence-electron chi connectivity index (χ3n) is 3.47. The molecule has 0 spiro atoms. The first kappa shape index (κ1) is 16.0. The summed E-state index contributed by atoms with van der Waals surface area (Å²) in [6.07, 6.45) is 1.69. The molecular weight excluding hydrogens is 380 g/mol. The van der Waals surface area contributed by atoms with Crippen molar-refractivity contribution in [1.82, 2.24) is 19.4 Å². The molecule has 0 bridgehead atoms. The van der Waals surface area contributed by atoms with Crippen LogP contribution in [0.4, 0.5) is 0 Å². The van der Waals surface area contributed by atoms with Gasteiger partial charge >= 0.3 is 0 Å². The number of carbonyl (C=O) groups is 1. The summed E-state index contributed by atoms with van der Waals surface area (Å²) in [5.41, 5.74) is 2.29. The molecule has 2 aromatic heterocycles. The molecular formula is C16H14BrClN4O. The standard InChI is InChI=1S/C16H14BrClN4O/c1-21(2)14(23)9-22-13-7-11(17)8-19-15(13)20-16(22)10-3-5-12(18)6-4-10/h3-8H,9H2,1-2H3. The molecule has 1 aromatic carbocycles. The van der Waals surface area contributed by atoms with Gasteiger partial charge < -0.3 is 9.47 Å². The highest BCUT2D eigenvalue weighted by atomic mass is 79.9. The maximum absolute atomic E-state index is 12.2. The molecule has 3 aromatic rings. The molecule has 0 N–H and O–H groups in total. The molecule has 23 heavy (non-hydrogen) atoms. The van der Waals surface area contributed by atoms with E-state index in [1.54, 1.807) is 37.3 Å². The van der Waals surface area contributed by atoms with E-state index in [1.165, 1.54) is 0 Å². The number of halogens is 2. The molecule has 7 heteroatoms. The van der Waals surface area contributed by atoms with Gasteiger partial charge in [-0.1, -0.05) is 11.6 Å². The number of likely N-dealkylation sites (N-methyl/N-ethyl adjacent to an activating group) is 1. The molecule has 0 fully saturated rings. The van der Waals surface area contributed by atoms with Crippen molar-refractivity contribution in [2.45, 2.75) is 6.54 Å². The van der Waals surface area contributed by atoms with Crippen LogP contribution in [0.2, 0.25) is 5.02 Å². The quantitative estimate of drug-likeness (QED) is 0.683. The van der Waals surface area contributed by atoms with Crippen LogP contribution in [-0.4, -0.2) is 39.4 Å². The molecule has 0 radical (unpaired) electrons. The van der Waals surface area contributed by atoms with Gasteiger partial charge in [-0.05, 0) is 46.3 Å². The minimum Gasteiger partial charge on any atom is -0.347 e. The van der Waals surface area contributed by atoms with Crippen molar-refractivity contribution in [1.29, 1.82) is 0 Å². The van der Waals surface area contributed by atoms with Gasteiger partial charge in [0.1, 0.15) is 12.4 Å². The summed E-state index contributed by atoms with van der Waals surface area (Å²) in [7, 11) is 3.47. The van der Waals surface area contributed by atoms with Gasteiger partial charge in [0.25, 0.3) is 0 Å². The van der Waals surface area contributed by atoms with E-state index in [2.05, 4.69) is 25.9 Å². The number of hydrogen-bond acceptors (Lipinski definition) is 3. The van der Waals surface area contributed by atoms with Crippen molar-refractivity contribution in [3.05, 3.63) is 46.0 Å². The van der Waals surface area contributed by atoms with Gasteiger partial charge in [0.15, 0.2) is 5.65 Å². The first-order valence-electron chi connectivity index (χ1n) is 6.93. The number of imidazole rings is 1. The van der Waals surface area contributed by atoms with Crippen molar-refractivity contribution in [2.24, 2.45) is 0 Å². The monoisotopic (exact) mass is 392 g/mol. The van der Waals surface area contributed by atoms with Crippen LogP contribution >= 0.6 is 27.5 Å². The first-order chi connectivity index (χ1) is 11.0. The number of aromatic nitrogens is 3. The predicted molar refractivity (Wildman–Crippen MR) is 94.4 cm³/mol. The van der Waals surface area contributed by atoms with E-state index in [0.717, 1.165) is 15.6 Å². The van der Waals surface area contributed by atoms with E-state index in [1.807, 2.05) is 22.8 Å². The van der Waals surface area contributed by atoms with Crippen molar-refractivity contribution < 1.29 is 4.79 Å². The van der Waals surface area contributed by atoms with Gasteiger partial charge in [-0.25, -0.2) is 9.97 Å². The number of fused-ring (bicyclic) bond motifs is 1. The summed E-state index contributed by atoms with van der Waals surface area (Å²) in [5, 5.41) is 0.654. The minimum absolute atomic E-state index is 0.0144. The van der Waals surface area contributed by atoms with E-state index < -0.39 is 0 Å². The summed E-state index contributed by atoms with van der Waals surface area (Å²) in [6.45, 7) is 0.194. The second-order valence-corrected chi connectivity index (χ2v) is 6.66. The summed E-state index contributed by atoms with van der Waals surface area (Å²) in [5.74, 6) is 0.678. The van der Waals surface area contributed by atoms with Gasteiger partial charge in [-0.15, -0.1) is 0 Å². The van der Waals surface area contributed by atoms with E-state index in [0.29, 0.717) is 16.5 Å². The summed E-state index contributed by atoms with van der Waals surface area (Å²) < 4.78 is 2.71. The number of hydrogen-bond donors (Lipinski definition) is 0. The molecule has 2 heterocycles. The van der Waals surface area contributed by atoms with Crippen LogP contribution in [0.15, 0.2) is 41.0 Å². The van der Waals surface area contributed by atoms with E-state index in [-0.39, 0.29) is 12.5 Å². The average Bonchev–Trinajstić information content (AvgIpc) is 2.86. The fourth-order valence-corrected chi connectivity index (χ4v) is 2.68. The van der Waals surface area contributed by atoms with Gasteiger partial charge in [0.05, 0.1) is 5.52 Å². The Hall–Kier alpha value is -1.92. The maximum atomic E-state index is 12.2. The lowest BCUT2D eigenvalue weighted by molar-refractivity contribution is -0.129. The minimum atomic E-state index is -0.0144. The number of amides is 1. The van der Waals surface area contributed by atoms with Crippen molar-refractivity contribution in [2.75, 3.05) is 14.1 Å². The van der Waals surface area contributed by atoms with Gasteiger partial charge in [-0.3, -0.25) is 4.79 Å². The lowest BCUT2D eigenvalue weighted by atomic mass is 10.2. The summed E-state index contributed by atoms with van der Waals surface area (Å²) in [4.78, 5) is 22.7. The fourth-order valence-electron chi connectivity index (χ4n) is 2.24. The zero-order valence-electron chi connectivity index (χ0n) is 12.6. The van der Waals surface area contributed by atoms with E-state index in [4.69, 9.17) is 11.6 Å². The molecule has 3 rings (SSSR count). The molecule has 0 aliphatic rings. The highest BCUT2D eigenvalue weighted by Crippen LogP contribution is 2.26. The van der Waals surface area contributed by atoms with Gasteiger partial charge in [0.2, 0.25) is 5.91 Å². The highest BCUT2D eigenvalue weighted by Gasteiger charge is 2.17. The number of benzene rings is 1. The van der Waals surface area contributed by atoms with Crippen LogP contribution < -0.4 is 0 Å². The highest BCUT2D eigenvalue weighted by molar-refractivity contribution is 9.10. The zero-order chi connectivity index (χ0) is 16.6.